The van der Waals surface area contributed by atoms with Gasteiger partial charge < -0.3 is 14.5 Å². The van der Waals surface area contributed by atoms with Gasteiger partial charge in [0.25, 0.3) is 0 Å². The number of hydrogen-bond donors (Lipinski definition) is 0. The highest BCUT2D eigenvalue weighted by Gasteiger charge is 2.27. The Morgan fingerprint density at radius 3 is 2.52 bits per heavy atom. The van der Waals surface area contributed by atoms with Gasteiger partial charge in [-0.3, -0.25) is 9.36 Å². The van der Waals surface area contributed by atoms with E-state index in [2.05, 4.69) is 31.8 Å². The number of aromatic nitrogens is 3. The number of hydrogen-bond acceptors (Lipinski definition) is 6. The first-order chi connectivity index (χ1) is 14.2. The lowest BCUT2D eigenvalue weighted by Gasteiger charge is -2.29. The molecule has 3 heterocycles. The van der Waals surface area contributed by atoms with Gasteiger partial charge in [0, 0.05) is 26.2 Å². The van der Waals surface area contributed by atoms with E-state index < -0.39 is 0 Å². The molecule has 2 aliphatic rings. The van der Waals surface area contributed by atoms with E-state index in [1.807, 2.05) is 30.0 Å². The summed E-state index contributed by atoms with van der Waals surface area (Å²) in [5.74, 6) is 1.06. The molecule has 1 aromatic carbocycles. The molecule has 2 aromatic rings. The first-order valence-electron chi connectivity index (χ1n) is 10.5. The Labute approximate surface area is 176 Å². The van der Waals surface area contributed by atoms with Crippen molar-refractivity contribution in [3.63, 3.8) is 0 Å². The van der Waals surface area contributed by atoms with Gasteiger partial charge in [0.05, 0.1) is 25.0 Å². The van der Waals surface area contributed by atoms with Crippen LogP contribution in [0.5, 0.6) is 0 Å². The van der Waals surface area contributed by atoms with E-state index in [4.69, 9.17) is 4.74 Å². The number of rotatable bonds is 6. The van der Waals surface area contributed by atoms with Crippen LogP contribution in [0.4, 0.5) is 5.95 Å². The summed E-state index contributed by atoms with van der Waals surface area (Å²) in [6.07, 6.45) is 3.43. The fraction of sp³-hybridized carbons (Fsp3) is 0.571. The predicted molar refractivity (Wildman–Crippen MR) is 114 cm³/mol. The molecule has 2 saturated heterocycles. The van der Waals surface area contributed by atoms with Crippen LogP contribution >= 0.6 is 11.8 Å². The predicted octanol–water partition coefficient (Wildman–Crippen LogP) is 2.66. The molecular formula is C21H29N5O2S. The van der Waals surface area contributed by atoms with Gasteiger partial charge in [0.1, 0.15) is 0 Å². The van der Waals surface area contributed by atoms with Crippen molar-refractivity contribution < 1.29 is 9.53 Å². The third-order valence-electron chi connectivity index (χ3n) is 5.47. The lowest BCUT2D eigenvalue weighted by molar-refractivity contribution is -0.131. The van der Waals surface area contributed by atoms with Crippen LogP contribution < -0.4 is 4.90 Å². The summed E-state index contributed by atoms with van der Waals surface area (Å²) in [7, 11) is 0. The third-order valence-corrected chi connectivity index (χ3v) is 6.54. The van der Waals surface area contributed by atoms with Crippen molar-refractivity contribution in [2.24, 2.45) is 0 Å². The van der Waals surface area contributed by atoms with E-state index in [1.165, 1.54) is 23.7 Å². The quantitative estimate of drug-likeness (QED) is 0.676. The minimum atomic E-state index is -0.177. The summed E-state index contributed by atoms with van der Waals surface area (Å²) in [4.78, 5) is 17.1. The molecule has 8 heteroatoms. The van der Waals surface area contributed by atoms with Crippen molar-refractivity contribution in [3.8, 4) is 0 Å². The summed E-state index contributed by atoms with van der Waals surface area (Å²) >= 11 is 1.52. The van der Waals surface area contributed by atoms with Crippen molar-refractivity contribution in [2.45, 2.75) is 43.1 Å². The van der Waals surface area contributed by atoms with Gasteiger partial charge in [-0.15, -0.1) is 10.2 Å². The molecular weight excluding hydrogens is 386 g/mol. The first-order valence-corrected chi connectivity index (χ1v) is 11.4. The molecule has 1 atom stereocenters. The zero-order valence-electron chi connectivity index (χ0n) is 17.0. The van der Waals surface area contributed by atoms with Crippen LogP contribution in [0.3, 0.4) is 0 Å². The zero-order valence-corrected chi connectivity index (χ0v) is 17.8. The number of nitrogens with zero attached hydrogens (tertiary/aromatic N) is 5. The van der Waals surface area contributed by atoms with E-state index in [9.17, 15) is 4.79 Å². The van der Waals surface area contributed by atoms with Crippen LogP contribution in [0.2, 0.25) is 0 Å². The van der Waals surface area contributed by atoms with Gasteiger partial charge in [-0.25, -0.2) is 0 Å². The molecule has 4 rings (SSSR count). The SMILES string of the molecule is C[C@@H](Sc1nnc(N2CCOCC2)n1Cc1ccccc1)C(=O)N1CCCCC1. The molecule has 0 saturated carbocycles. The molecule has 0 spiro atoms. The summed E-state index contributed by atoms with van der Waals surface area (Å²) in [6, 6.07) is 10.3. The van der Waals surface area contributed by atoms with Gasteiger partial charge >= 0.3 is 0 Å². The lowest BCUT2D eigenvalue weighted by atomic mass is 10.1. The second-order valence-electron chi connectivity index (χ2n) is 7.60. The van der Waals surface area contributed by atoms with Gasteiger partial charge in [-0.1, -0.05) is 42.1 Å². The van der Waals surface area contributed by atoms with Gasteiger partial charge in [0.15, 0.2) is 5.16 Å². The summed E-state index contributed by atoms with van der Waals surface area (Å²) in [5.41, 5.74) is 1.19. The number of benzene rings is 1. The summed E-state index contributed by atoms with van der Waals surface area (Å²) < 4.78 is 7.64. The van der Waals surface area contributed by atoms with Crippen LogP contribution in [0.15, 0.2) is 35.5 Å². The molecule has 2 aliphatic heterocycles. The highest BCUT2D eigenvalue weighted by Crippen LogP contribution is 2.28. The Kier molecular flexibility index (Phi) is 6.71. The monoisotopic (exact) mass is 415 g/mol. The van der Waals surface area contributed by atoms with Gasteiger partial charge in [0.2, 0.25) is 11.9 Å². The first kappa shape index (κ1) is 20.2. The average molecular weight is 416 g/mol. The lowest BCUT2D eigenvalue weighted by Crippen LogP contribution is -2.40. The van der Waals surface area contributed by atoms with Gasteiger partial charge in [-0.2, -0.15) is 0 Å². The number of amides is 1. The molecule has 0 aliphatic carbocycles. The molecule has 2 fully saturated rings. The van der Waals surface area contributed by atoms with Gasteiger partial charge in [-0.05, 0) is 31.7 Å². The Balaban J connectivity index is 1.54. The topological polar surface area (TPSA) is 63.5 Å². The van der Waals surface area contributed by atoms with Crippen LogP contribution in [0.1, 0.15) is 31.7 Å². The number of likely N-dealkylation sites (tertiary alicyclic amines) is 1. The maximum absolute atomic E-state index is 12.9. The van der Waals surface area contributed by atoms with Crippen LogP contribution in [0, 0.1) is 0 Å². The minimum absolute atomic E-state index is 0.177. The van der Waals surface area contributed by atoms with Crippen molar-refractivity contribution in [3.05, 3.63) is 35.9 Å². The highest BCUT2D eigenvalue weighted by molar-refractivity contribution is 8.00. The number of piperidine rings is 1. The summed E-state index contributed by atoms with van der Waals surface area (Å²) in [6.45, 7) is 7.43. The third kappa shape index (κ3) is 4.93. The number of thioether (sulfide) groups is 1. The average Bonchev–Trinajstić information content (AvgIpc) is 3.17. The zero-order chi connectivity index (χ0) is 20.1. The van der Waals surface area contributed by atoms with Crippen LogP contribution in [-0.4, -0.2) is 70.2 Å². The molecule has 0 bridgehead atoms. The molecule has 29 heavy (non-hydrogen) atoms. The molecule has 156 valence electrons. The number of carbonyl (C=O) groups is 1. The van der Waals surface area contributed by atoms with E-state index in [-0.39, 0.29) is 11.2 Å². The Bertz CT molecular complexity index is 801. The molecule has 0 radical (unpaired) electrons. The molecule has 0 unspecified atom stereocenters. The van der Waals surface area contributed by atoms with E-state index >= 15 is 0 Å². The molecule has 1 amide bonds. The van der Waals surface area contributed by atoms with E-state index in [1.54, 1.807) is 0 Å². The Morgan fingerprint density at radius 2 is 1.79 bits per heavy atom. The normalized spacial score (nSPS) is 18.7. The number of anilines is 1. The Hall–Kier alpha value is -2.06. The molecule has 1 aromatic heterocycles. The minimum Gasteiger partial charge on any atom is -0.378 e. The van der Waals surface area contributed by atoms with Crippen molar-refractivity contribution >= 4 is 23.6 Å². The second kappa shape index (κ2) is 9.63. The maximum Gasteiger partial charge on any atom is 0.235 e. The van der Waals surface area contributed by atoms with E-state index in [0.29, 0.717) is 19.8 Å². The molecule has 0 N–H and O–H groups in total. The summed E-state index contributed by atoms with van der Waals surface area (Å²) in [5, 5.41) is 9.60. The standard InChI is InChI=1S/C21H29N5O2S/c1-17(19(27)24-10-6-3-7-11-24)29-21-23-22-20(25-12-14-28-15-13-25)26(21)16-18-8-4-2-5-9-18/h2,4-5,8-9,17H,3,6-7,10-16H2,1H3/t17-/m1/s1. The van der Waals surface area contributed by atoms with Crippen LogP contribution in [-0.2, 0) is 16.1 Å². The number of morpholine rings is 1. The fourth-order valence-corrected chi connectivity index (χ4v) is 4.78. The number of carbonyl (C=O) groups excluding carboxylic acids is 1. The maximum atomic E-state index is 12.9. The fourth-order valence-electron chi connectivity index (χ4n) is 3.85. The van der Waals surface area contributed by atoms with Crippen LogP contribution in [0.25, 0.3) is 0 Å². The van der Waals surface area contributed by atoms with Crippen molar-refractivity contribution in [1.29, 1.82) is 0 Å². The largest absolute Gasteiger partial charge is 0.378 e. The van der Waals surface area contributed by atoms with Crippen molar-refractivity contribution in [2.75, 3.05) is 44.3 Å². The second-order valence-corrected chi connectivity index (χ2v) is 8.91. The molecule has 7 nitrogen and oxygen atoms in total. The smallest absolute Gasteiger partial charge is 0.235 e. The highest BCUT2D eigenvalue weighted by atomic mass is 32.2. The Morgan fingerprint density at radius 1 is 1.07 bits per heavy atom. The van der Waals surface area contributed by atoms with E-state index in [0.717, 1.165) is 50.1 Å². The van der Waals surface area contributed by atoms with Crippen molar-refractivity contribution in [1.82, 2.24) is 19.7 Å². The number of ether oxygens (including phenoxy) is 1.